The number of nitrogens with one attached hydrogen (secondary N) is 2. The Kier molecular flexibility index (Phi) is 15.0. The number of aliphatic hydroxyl groups is 1. The van der Waals surface area contributed by atoms with Crippen LogP contribution in [-0.2, 0) is 22.2 Å². The number of benzene rings is 2. The Morgan fingerprint density at radius 1 is 1.12 bits per heavy atom. The third-order valence-electron chi connectivity index (χ3n) is 13.2. The van der Waals surface area contributed by atoms with Gasteiger partial charge in [0.25, 0.3) is 5.91 Å². The van der Waals surface area contributed by atoms with Gasteiger partial charge in [0.1, 0.15) is 16.7 Å². The summed E-state index contributed by atoms with van der Waals surface area (Å²) in [6, 6.07) is 12.1. The highest BCUT2D eigenvalue weighted by Gasteiger charge is 2.48. The summed E-state index contributed by atoms with van der Waals surface area (Å²) in [5, 5.41) is 16.3. The van der Waals surface area contributed by atoms with Crippen LogP contribution in [0.4, 0.5) is 5.69 Å². The largest absolute Gasteiger partial charge is 0.491 e. The maximum Gasteiger partial charge on any atom is 0.263 e. The summed E-state index contributed by atoms with van der Waals surface area (Å²) in [6.45, 7) is 16.8. The van der Waals surface area contributed by atoms with E-state index in [2.05, 4.69) is 57.3 Å². The second-order valence-electron chi connectivity index (χ2n) is 16.9. The van der Waals surface area contributed by atoms with E-state index in [1.165, 1.54) is 11.1 Å². The number of piperazine rings is 1. The molecule has 6 rings (SSSR count). The van der Waals surface area contributed by atoms with E-state index < -0.39 is 16.6 Å². The predicted molar refractivity (Wildman–Crippen MR) is 227 cm³/mol. The van der Waals surface area contributed by atoms with Gasteiger partial charge in [-0.15, -0.1) is 6.58 Å². The number of hydrogen-bond donors (Lipinski definition) is 3. The molecule has 2 bridgehead atoms. The van der Waals surface area contributed by atoms with Gasteiger partial charge in [0.2, 0.25) is 6.41 Å². The minimum Gasteiger partial charge on any atom is -0.491 e. The lowest BCUT2D eigenvalue weighted by molar-refractivity contribution is -0.113. The topological polar surface area (TPSA) is 114 Å². The van der Waals surface area contributed by atoms with E-state index in [0.29, 0.717) is 38.2 Å². The summed E-state index contributed by atoms with van der Waals surface area (Å²) in [5.74, 6) is 0.917. The quantitative estimate of drug-likeness (QED) is 0.130. The number of β-amino-alcohol motifs (C(OH)–C–C–N with tert-alkyl or cyclic N) is 1. The number of fused-ring (bicyclic) bond motifs is 2. The van der Waals surface area contributed by atoms with Gasteiger partial charge >= 0.3 is 0 Å². The first kappa shape index (κ1) is 42.6. The minimum absolute atomic E-state index is 0.0708. The Labute approximate surface area is 342 Å². The molecule has 2 amide bonds. The number of hydrogen-bond acceptors (Lipinski definition) is 8. The van der Waals surface area contributed by atoms with Gasteiger partial charge < -0.3 is 20.1 Å². The molecule has 3 N–H and O–H groups in total. The van der Waals surface area contributed by atoms with Crippen molar-refractivity contribution in [3.63, 3.8) is 0 Å². The van der Waals surface area contributed by atoms with Gasteiger partial charge in [-0.1, -0.05) is 50.4 Å². The fourth-order valence-corrected chi connectivity index (χ4v) is 10.8. The van der Waals surface area contributed by atoms with Crippen molar-refractivity contribution in [3.05, 3.63) is 70.8 Å². The van der Waals surface area contributed by atoms with E-state index in [-0.39, 0.29) is 40.9 Å². The van der Waals surface area contributed by atoms with Crippen LogP contribution in [0.25, 0.3) is 0 Å². The molecule has 2 aromatic carbocycles. The van der Waals surface area contributed by atoms with Crippen LogP contribution in [-0.4, -0.2) is 107 Å². The molecule has 1 saturated heterocycles. The van der Waals surface area contributed by atoms with Crippen molar-refractivity contribution in [2.45, 2.75) is 101 Å². The molecule has 308 valence electrons. The zero-order valence-electron chi connectivity index (χ0n) is 33.7. The lowest BCUT2D eigenvalue weighted by atomic mass is 9.62. The van der Waals surface area contributed by atoms with Gasteiger partial charge in [-0.25, -0.2) is 4.21 Å². The monoisotopic (exact) mass is 809 g/mol. The predicted octanol–water partition coefficient (Wildman–Crippen LogP) is 6.33. The number of amides is 2. The van der Waals surface area contributed by atoms with Crippen LogP contribution in [0.3, 0.4) is 0 Å². The van der Waals surface area contributed by atoms with Crippen molar-refractivity contribution in [1.82, 2.24) is 19.8 Å². The summed E-state index contributed by atoms with van der Waals surface area (Å²) in [4.78, 5) is 31.8. The number of halogens is 1. The molecule has 0 spiro atoms. The SMILES string of the molecule is C=CCC1CN(CC2(O)CCCC(C)C(C)S(=O)NC(=O)c3ccc4c(c3)N(CC(c3ccc(Cl)cc3CCCC)CO4)CC3CCC32)CCN1CCNC=O. The molecule has 10 nitrogen and oxygen atoms in total. The zero-order valence-corrected chi connectivity index (χ0v) is 35.3. The number of ether oxygens (including phenoxy) is 1. The van der Waals surface area contributed by atoms with Crippen LogP contribution in [0.1, 0.15) is 99.5 Å². The molecule has 8 unspecified atom stereocenters. The smallest absolute Gasteiger partial charge is 0.263 e. The molecule has 2 aromatic rings. The first-order valence-electron chi connectivity index (χ1n) is 21.0. The fourth-order valence-electron chi connectivity index (χ4n) is 9.60. The Hall–Kier alpha value is -2.96. The molecule has 12 heteroatoms. The maximum atomic E-state index is 13.6. The standard InChI is InChI=1S/C44H64ClN5O5S/c1-5-7-11-33-23-37(45)14-15-39(33)36-26-50-25-35-12-16-40(35)44(53,29-48-21-22-49(20-19-46-30-51)38(27-48)9-6-2)18-8-10-31(3)32(4)56(54)47-43(52)34-13-17-42(55-28-36)41(50)24-34/h6,13-15,17,23-24,30-32,35-36,38,40,53H,2,5,7-12,16,18-22,25-29H2,1,3-4H3,(H,46,51)(H,47,52). The molecular weight excluding hydrogens is 746 g/mol. The maximum absolute atomic E-state index is 13.6. The average molecular weight is 811 g/mol. The summed E-state index contributed by atoms with van der Waals surface area (Å²) >= 11 is 6.54. The third-order valence-corrected chi connectivity index (χ3v) is 15.0. The van der Waals surface area contributed by atoms with Crippen molar-refractivity contribution in [2.24, 2.45) is 17.8 Å². The molecular formula is C44H64ClN5O5S. The third kappa shape index (κ3) is 10.2. The molecule has 0 radical (unpaired) electrons. The molecule has 1 saturated carbocycles. The van der Waals surface area contributed by atoms with E-state index in [4.69, 9.17) is 16.3 Å². The number of carbonyl (C=O) groups excluding carboxylic acids is 2. The molecule has 2 fully saturated rings. The first-order valence-corrected chi connectivity index (χ1v) is 22.6. The number of aryl methyl sites for hydroxylation is 1. The second kappa shape index (κ2) is 19.7. The summed E-state index contributed by atoms with van der Waals surface area (Å²) in [6.07, 6.45) is 11.0. The summed E-state index contributed by atoms with van der Waals surface area (Å²) in [7, 11) is -1.57. The van der Waals surface area contributed by atoms with Gasteiger partial charge in [-0.05, 0) is 111 Å². The lowest BCUT2D eigenvalue weighted by Crippen LogP contribution is -2.61. The molecule has 3 heterocycles. The van der Waals surface area contributed by atoms with Crippen LogP contribution >= 0.6 is 11.6 Å². The van der Waals surface area contributed by atoms with Crippen molar-refractivity contribution >= 4 is 40.6 Å². The number of rotatable bonds is 12. The molecule has 56 heavy (non-hydrogen) atoms. The first-order chi connectivity index (χ1) is 27.0. The van der Waals surface area contributed by atoms with E-state index in [1.807, 2.05) is 31.2 Å². The van der Waals surface area contributed by atoms with E-state index in [0.717, 1.165) is 107 Å². The molecule has 0 aromatic heterocycles. The van der Waals surface area contributed by atoms with Crippen LogP contribution in [0, 0.1) is 17.8 Å². The molecule has 3 aliphatic heterocycles. The van der Waals surface area contributed by atoms with Crippen LogP contribution in [0.2, 0.25) is 5.02 Å². The minimum atomic E-state index is -1.57. The Morgan fingerprint density at radius 2 is 1.96 bits per heavy atom. The average Bonchev–Trinajstić information content (AvgIpc) is 3.34. The highest BCUT2D eigenvalue weighted by Crippen LogP contribution is 2.47. The molecule has 8 atom stereocenters. The molecule has 4 aliphatic rings. The van der Waals surface area contributed by atoms with Crippen LogP contribution in [0.15, 0.2) is 49.1 Å². The van der Waals surface area contributed by atoms with Crippen LogP contribution < -0.4 is 19.7 Å². The van der Waals surface area contributed by atoms with Crippen molar-refractivity contribution in [2.75, 3.05) is 63.9 Å². The number of anilines is 1. The number of unbranched alkanes of at least 4 members (excludes halogenated alkanes) is 1. The van der Waals surface area contributed by atoms with E-state index >= 15 is 0 Å². The fraction of sp³-hybridized carbons (Fsp3) is 0.636. The number of nitrogens with zero attached hydrogens (tertiary/aromatic N) is 3. The van der Waals surface area contributed by atoms with Gasteiger partial charge in [-0.2, -0.15) is 0 Å². The van der Waals surface area contributed by atoms with Gasteiger partial charge in [0.15, 0.2) is 0 Å². The van der Waals surface area contributed by atoms with Gasteiger partial charge in [-0.3, -0.25) is 24.1 Å². The summed E-state index contributed by atoms with van der Waals surface area (Å²) in [5.41, 5.74) is 2.93. The Morgan fingerprint density at radius 3 is 2.71 bits per heavy atom. The molecule has 1 aliphatic carbocycles. The Bertz CT molecular complexity index is 1700. The van der Waals surface area contributed by atoms with Gasteiger partial charge in [0, 0.05) is 74.9 Å². The van der Waals surface area contributed by atoms with Crippen molar-refractivity contribution in [1.29, 1.82) is 0 Å². The Balaban J connectivity index is 1.32. The van der Waals surface area contributed by atoms with E-state index in [1.54, 1.807) is 6.07 Å². The van der Waals surface area contributed by atoms with E-state index in [9.17, 15) is 18.9 Å². The highest BCUT2D eigenvalue weighted by atomic mass is 35.5. The summed E-state index contributed by atoms with van der Waals surface area (Å²) < 4.78 is 22.9. The van der Waals surface area contributed by atoms with Gasteiger partial charge in [0.05, 0.1) is 23.1 Å². The van der Waals surface area contributed by atoms with Crippen LogP contribution in [0.5, 0.6) is 5.75 Å². The highest BCUT2D eigenvalue weighted by molar-refractivity contribution is 7.84. The number of carbonyl (C=O) groups is 2. The lowest BCUT2D eigenvalue weighted by Gasteiger charge is -2.52. The van der Waals surface area contributed by atoms with Crippen molar-refractivity contribution < 1.29 is 23.6 Å². The van der Waals surface area contributed by atoms with Crippen molar-refractivity contribution in [3.8, 4) is 5.75 Å². The normalized spacial score (nSPS) is 30.6. The second-order valence-corrected chi connectivity index (χ2v) is 18.9. The zero-order chi connectivity index (χ0) is 39.8.